The molecule has 1 fully saturated rings. The third kappa shape index (κ3) is 5.92. The molecule has 1 heterocycles. The summed E-state index contributed by atoms with van der Waals surface area (Å²) in [7, 11) is -3.02. The fourth-order valence-electron chi connectivity index (χ4n) is 2.92. The van der Waals surface area contributed by atoms with E-state index >= 15 is 0 Å². The summed E-state index contributed by atoms with van der Waals surface area (Å²) in [5.74, 6) is 1.05. The Labute approximate surface area is 148 Å². The number of nitrogens with zero attached hydrogens (tertiary/aromatic N) is 3. The van der Waals surface area contributed by atoms with Crippen LogP contribution in [0.2, 0.25) is 0 Å². The van der Waals surface area contributed by atoms with E-state index in [1.807, 2.05) is 20.8 Å². The standard InChI is InChI=1S/C17H36N4O2S/c1-6-18-16(19-11-9-10-12-20(7-2)8-3)21-13-14-24(22,23)17(4,5)15-21/h6-15H2,1-5H3,(H,18,19). The van der Waals surface area contributed by atoms with Gasteiger partial charge in [-0.15, -0.1) is 0 Å². The number of hydrogen-bond acceptors (Lipinski definition) is 4. The van der Waals surface area contributed by atoms with Crippen molar-refractivity contribution in [1.82, 2.24) is 15.1 Å². The van der Waals surface area contributed by atoms with Crippen LogP contribution >= 0.6 is 0 Å². The van der Waals surface area contributed by atoms with Gasteiger partial charge < -0.3 is 15.1 Å². The van der Waals surface area contributed by atoms with Crippen LogP contribution in [-0.2, 0) is 9.84 Å². The molecule has 0 unspecified atom stereocenters. The molecule has 1 rings (SSSR count). The van der Waals surface area contributed by atoms with Crippen LogP contribution in [0.4, 0.5) is 0 Å². The molecule has 0 bridgehead atoms. The van der Waals surface area contributed by atoms with Gasteiger partial charge in [-0.2, -0.15) is 0 Å². The van der Waals surface area contributed by atoms with Crippen molar-refractivity contribution in [3.05, 3.63) is 0 Å². The highest BCUT2D eigenvalue weighted by Crippen LogP contribution is 2.23. The van der Waals surface area contributed by atoms with Gasteiger partial charge in [-0.1, -0.05) is 13.8 Å². The molecule has 6 nitrogen and oxygen atoms in total. The zero-order valence-electron chi connectivity index (χ0n) is 16.1. The number of nitrogens with one attached hydrogen (secondary N) is 1. The number of hydrogen-bond donors (Lipinski definition) is 1. The van der Waals surface area contributed by atoms with Crippen molar-refractivity contribution in [2.45, 2.75) is 52.2 Å². The molecular weight excluding hydrogens is 324 g/mol. The van der Waals surface area contributed by atoms with Gasteiger partial charge in [-0.3, -0.25) is 4.99 Å². The number of unbranched alkanes of at least 4 members (excludes halogenated alkanes) is 1. The van der Waals surface area contributed by atoms with Crippen molar-refractivity contribution < 1.29 is 8.42 Å². The van der Waals surface area contributed by atoms with Crippen LogP contribution in [0.5, 0.6) is 0 Å². The smallest absolute Gasteiger partial charge is 0.193 e. The van der Waals surface area contributed by atoms with Gasteiger partial charge in [0.1, 0.15) is 0 Å². The Morgan fingerprint density at radius 2 is 1.88 bits per heavy atom. The second-order valence-electron chi connectivity index (χ2n) is 6.97. The molecule has 0 saturated carbocycles. The highest BCUT2D eigenvalue weighted by atomic mass is 32.2. The summed E-state index contributed by atoms with van der Waals surface area (Å²) in [5, 5.41) is 3.31. The Bertz CT molecular complexity index is 499. The van der Waals surface area contributed by atoms with E-state index in [9.17, 15) is 8.42 Å². The first-order valence-corrected chi connectivity index (χ1v) is 10.9. The summed E-state index contributed by atoms with van der Waals surface area (Å²) < 4.78 is 23.6. The molecule has 0 amide bonds. The lowest BCUT2D eigenvalue weighted by Crippen LogP contribution is -2.57. The summed E-state index contributed by atoms with van der Waals surface area (Å²) in [6.45, 7) is 16.0. The summed E-state index contributed by atoms with van der Waals surface area (Å²) in [4.78, 5) is 9.23. The average molecular weight is 361 g/mol. The maximum absolute atomic E-state index is 12.2. The van der Waals surface area contributed by atoms with E-state index in [0.29, 0.717) is 13.1 Å². The second-order valence-corrected chi connectivity index (χ2v) is 9.71. The normalized spacial score (nSPS) is 20.4. The molecule has 0 atom stereocenters. The van der Waals surface area contributed by atoms with Gasteiger partial charge in [-0.25, -0.2) is 8.42 Å². The number of aliphatic imine (C=N–C) groups is 1. The molecule has 142 valence electrons. The highest BCUT2D eigenvalue weighted by Gasteiger charge is 2.40. The van der Waals surface area contributed by atoms with Gasteiger partial charge in [-0.05, 0) is 53.2 Å². The maximum Gasteiger partial charge on any atom is 0.193 e. The van der Waals surface area contributed by atoms with Crippen LogP contribution in [0.15, 0.2) is 4.99 Å². The Kier molecular flexibility index (Phi) is 8.50. The molecule has 1 aliphatic rings. The van der Waals surface area contributed by atoms with E-state index in [-0.39, 0.29) is 5.75 Å². The van der Waals surface area contributed by atoms with E-state index in [4.69, 9.17) is 4.99 Å². The van der Waals surface area contributed by atoms with Gasteiger partial charge in [0.05, 0.1) is 10.5 Å². The molecule has 24 heavy (non-hydrogen) atoms. The van der Waals surface area contributed by atoms with Crippen molar-refractivity contribution in [3.8, 4) is 0 Å². The van der Waals surface area contributed by atoms with Crippen molar-refractivity contribution in [3.63, 3.8) is 0 Å². The van der Waals surface area contributed by atoms with Crippen LogP contribution in [0.3, 0.4) is 0 Å². The molecule has 0 aromatic carbocycles. The fourth-order valence-corrected chi connectivity index (χ4v) is 4.29. The highest BCUT2D eigenvalue weighted by molar-refractivity contribution is 7.92. The minimum absolute atomic E-state index is 0.201. The van der Waals surface area contributed by atoms with Crippen LogP contribution in [0.1, 0.15) is 47.5 Å². The predicted molar refractivity (Wildman–Crippen MR) is 102 cm³/mol. The lowest BCUT2D eigenvalue weighted by Gasteiger charge is -2.39. The monoisotopic (exact) mass is 360 g/mol. The first-order chi connectivity index (χ1) is 11.3. The first kappa shape index (κ1) is 21.2. The lowest BCUT2D eigenvalue weighted by atomic mass is 10.2. The minimum Gasteiger partial charge on any atom is -0.357 e. The number of rotatable bonds is 8. The largest absolute Gasteiger partial charge is 0.357 e. The molecule has 0 spiro atoms. The van der Waals surface area contributed by atoms with Gasteiger partial charge >= 0.3 is 0 Å². The van der Waals surface area contributed by atoms with Gasteiger partial charge in [0.25, 0.3) is 0 Å². The van der Waals surface area contributed by atoms with Crippen LogP contribution in [-0.4, -0.2) is 80.5 Å². The van der Waals surface area contributed by atoms with E-state index in [1.165, 1.54) is 0 Å². The number of guanidine groups is 1. The Hall–Kier alpha value is -0.820. The maximum atomic E-state index is 12.2. The third-order valence-corrected chi connectivity index (χ3v) is 7.25. The fraction of sp³-hybridized carbons (Fsp3) is 0.941. The zero-order valence-corrected chi connectivity index (χ0v) is 17.0. The molecule has 0 aromatic rings. The zero-order chi connectivity index (χ0) is 18.2. The quantitative estimate of drug-likeness (QED) is 0.404. The SMILES string of the molecule is CCNC(=NCCCCN(CC)CC)N1CCS(=O)(=O)C(C)(C)C1. The Morgan fingerprint density at radius 3 is 2.42 bits per heavy atom. The minimum atomic E-state index is -3.02. The molecule has 0 aliphatic carbocycles. The van der Waals surface area contributed by atoms with E-state index < -0.39 is 14.6 Å². The van der Waals surface area contributed by atoms with Crippen LogP contribution in [0.25, 0.3) is 0 Å². The van der Waals surface area contributed by atoms with E-state index in [0.717, 1.165) is 51.5 Å². The summed E-state index contributed by atoms with van der Waals surface area (Å²) in [5.41, 5.74) is 0. The molecule has 7 heteroatoms. The van der Waals surface area contributed by atoms with Crippen molar-refractivity contribution in [2.24, 2.45) is 4.99 Å². The van der Waals surface area contributed by atoms with Crippen molar-refractivity contribution >= 4 is 15.8 Å². The molecular formula is C17H36N4O2S. The Balaban J connectivity index is 2.57. The summed E-state index contributed by atoms with van der Waals surface area (Å²) in [6.07, 6.45) is 2.20. The molecule has 1 saturated heterocycles. The predicted octanol–water partition coefficient (Wildman–Crippen LogP) is 1.58. The van der Waals surface area contributed by atoms with E-state index in [1.54, 1.807) is 0 Å². The molecule has 0 radical (unpaired) electrons. The molecule has 0 aromatic heterocycles. The lowest BCUT2D eigenvalue weighted by molar-refractivity contribution is 0.297. The van der Waals surface area contributed by atoms with Crippen molar-refractivity contribution in [1.29, 1.82) is 0 Å². The Morgan fingerprint density at radius 1 is 1.21 bits per heavy atom. The first-order valence-electron chi connectivity index (χ1n) is 9.25. The van der Waals surface area contributed by atoms with Crippen LogP contribution < -0.4 is 5.32 Å². The van der Waals surface area contributed by atoms with Gasteiger partial charge in [0, 0.05) is 26.2 Å². The van der Waals surface area contributed by atoms with Gasteiger partial charge in [0.2, 0.25) is 0 Å². The second kappa shape index (κ2) is 9.61. The van der Waals surface area contributed by atoms with Crippen molar-refractivity contribution in [2.75, 3.05) is 51.6 Å². The summed E-state index contributed by atoms with van der Waals surface area (Å²) >= 11 is 0. The number of sulfone groups is 1. The molecule has 1 N–H and O–H groups in total. The topological polar surface area (TPSA) is 65.0 Å². The summed E-state index contributed by atoms with van der Waals surface area (Å²) in [6, 6.07) is 0. The average Bonchev–Trinajstić information content (AvgIpc) is 2.52. The van der Waals surface area contributed by atoms with Crippen LogP contribution in [0, 0.1) is 0 Å². The van der Waals surface area contributed by atoms with Gasteiger partial charge in [0.15, 0.2) is 15.8 Å². The third-order valence-electron chi connectivity index (χ3n) is 4.72. The van der Waals surface area contributed by atoms with E-state index in [2.05, 4.69) is 29.0 Å². The molecule has 1 aliphatic heterocycles.